The van der Waals surface area contributed by atoms with E-state index < -0.39 is 63.0 Å². The molecule has 19 heteroatoms. The first-order valence-corrected chi connectivity index (χ1v) is 7.64. The predicted octanol–water partition coefficient (Wildman–Crippen LogP) is -0.575. The van der Waals surface area contributed by atoms with Crippen LogP contribution in [-0.4, -0.2) is 41.9 Å². The Balaban J connectivity index is 6.65. The van der Waals surface area contributed by atoms with Crippen molar-refractivity contribution >= 4 is 0 Å². The summed E-state index contributed by atoms with van der Waals surface area (Å²) in [7, 11) is 0. The van der Waals surface area contributed by atoms with Crippen molar-refractivity contribution in [3.05, 3.63) is 0 Å². The molecule has 0 spiro atoms. The highest BCUT2D eigenvalue weighted by Crippen LogP contribution is 2.63. The molecule has 0 saturated heterocycles. The monoisotopic (exact) mass is 544 g/mol. The van der Waals surface area contributed by atoms with Crippen LogP contribution in [0.15, 0.2) is 0 Å². The standard InChI is InChI=1S/C7F15IO3/c8-1(5(15,16)17,6(18,19)20)2(9,10)3(11,12)4(13,14)7(21,22)26-23(24)25. The Morgan fingerprint density at radius 3 is 1.04 bits per heavy atom. The maximum Gasteiger partial charge on any atom is 0.514 e. The van der Waals surface area contributed by atoms with Gasteiger partial charge in [0, 0.05) is 0 Å². The lowest BCUT2D eigenvalue weighted by atomic mass is 9.87. The summed E-state index contributed by atoms with van der Waals surface area (Å²) >= 11 is -6.15. The van der Waals surface area contributed by atoms with Gasteiger partial charge in [0.05, 0.1) is 3.07 Å². The van der Waals surface area contributed by atoms with Crippen molar-refractivity contribution in [1.82, 2.24) is 0 Å². The molecule has 0 saturated carbocycles. The van der Waals surface area contributed by atoms with Gasteiger partial charge in [0.2, 0.25) is 0 Å². The van der Waals surface area contributed by atoms with Gasteiger partial charge in [-0.05, 0) is 0 Å². The minimum absolute atomic E-state index is 1.93. The fraction of sp³-hybridized carbons (Fsp3) is 1.00. The molecule has 0 fully saturated rings. The number of hydrogen-bond donors (Lipinski definition) is 0. The zero-order chi connectivity index (χ0) is 21.8. The van der Waals surface area contributed by atoms with Crippen LogP contribution in [0.1, 0.15) is 0 Å². The van der Waals surface area contributed by atoms with Gasteiger partial charge in [0.15, 0.2) is 0 Å². The van der Waals surface area contributed by atoms with Crippen molar-refractivity contribution in [3.63, 3.8) is 0 Å². The summed E-state index contributed by atoms with van der Waals surface area (Å²) in [6.45, 7) is 0. The molecule has 0 radical (unpaired) electrons. The zero-order valence-corrected chi connectivity index (χ0v) is 12.9. The predicted molar refractivity (Wildman–Crippen MR) is 36.8 cm³/mol. The summed E-state index contributed by atoms with van der Waals surface area (Å²) in [5, 5.41) is 0. The Kier molecular flexibility index (Phi) is 6.46. The van der Waals surface area contributed by atoms with E-state index >= 15 is 0 Å². The maximum atomic E-state index is 13.0. The molecule has 0 N–H and O–H groups in total. The highest BCUT2D eigenvalue weighted by Gasteiger charge is 2.96. The summed E-state index contributed by atoms with van der Waals surface area (Å²) < 4.78 is 210. The number of hydrogen-bond acceptors (Lipinski definition) is 3. The molecule has 0 amide bonds. The summed E-state index contributed by atoms with van der Waals surface area (Å²) in [6.07, 6.45) is -23.3. The molecule has 0 unspecified atom stereocenters. The molecule has 0 atom stereocenters. The molecule has 0 aromatic carbocycles. The van der Waals surface area contributed by atoms with Crippen molar-refractivity contribution < 1.29 is 96.9 Å². The van der Waals surface area contributed by atoms with E-state index in [1.165, 1.54) is 0 Å². The minimum Gasteiger partial charge on any atom is -0.396 e. The Morgan fingerprint density at radius 2 is 0.808 bits per heavy atom. The third-order valence-corrected chi connectivity index (χ3v) is 3.44. The van der Waals surface area contributed by atoms with E-state index in [9.17, 15) is 72.7 Å². The van der Waals surface area contributed by atoms with Crippen molar-refractivity contribution in [1.29, 1.82) is 0 Å². The summed E-state index contributed by atoms with van der Waals surface area (Å²) in [5.41, 5.74) is -8.43. The number of halogens is 16. The lowest BCUT2D eigenvalue weighted by molar-refractivity contribution is -1.63. The number of rotatable bonds is 6. The quantitative estimate of drug-likeness (QED) is 0.333. The lowest BCUT2D eigenvalue weighted by Gasteiger charge is -2.41. The van der Waals surface area contributed by atoms with Crippen molar-refractivity contribution in [2.24, 2.45) is 0 Å². The van der Waals surface area contributed by atoms with Crippen LogP contribution in [0.3, 0.4) is 0 Å². The van der Waals surface area contributed by atoms with Gasteiger partial charge >= 0.3 is 63.0 Å². The molecule has 0 rings (SSSR count). The van der Waals surface area contributed by atoms with Crippen molar-refractivity contribution in [2.45, 2.75) is 41.9 Å². The third kappa shape index (κ3) is 3.50. The average molecular weight is 544 g/mol. The average Bonchev–Trinajstić information content (AvgIpc) is 2.32. The molecule has 0 heterocycles. The molecule has 26 heavy (non-hydrogen) atoms. The Hall–Kier alpha value is -0.440. The van der Waals surface area contributed by atoms with Crippen LogP contribution < -0.4 is 27.9 Å². The first-order chi connectivity index (χ1) is 10.9. The van der Waals surface area contributed by atoms with Gasteiger partial charge in [-0.1, -0.05) is 0 Å². The van der Waals surface area contributed by atoms with E-state index in [4.69, 9.17) is 0 Å². The van der Waals surface area contributed by atoms with Crippen LogP contribution in [-0.2, 0) is 3.07 Å². The second kappa shape index (κ2) is 6.57. The molecule has 0 aliphatic rings. The molecule has 0 aliphatic heterocycles. The van der Waals surface area contributed by atoms with Crippen molar-refractivity contribution in [2.75, 3.05) is 0 Å². The highest BCUT2D eigenvalue weighted by molar-refractivity contribution is 5.15. The van der Waals surface area contributed by atoms with Gasteiger partial charge in [-0.25, -0.2) is 4.39 Å². The molecule has 0 bridgehead atoms. The fourth-order valence-electron chi connectivity index (χ4n) is 1.24. The second-order valence-corrected chi connectivity index (χ2v) is 5.68. The summed E-state index contributed by atoms with van der Waals surface area (Å²) in [5.74, 6) is -25.1. The largest absolute Gasteiger partial charge is 0.514 e. The van der Waals surface area contributed by atoms with Gasteiger partial charge in [0.25, 0.3) is 0 Å². The van der Waals surface area contributed by atoms with Crippen LogP contribution in [0.5, 0.6) is 0 Å². The Labute approximate surface area is 139 Å². The third-order valence-electron chi connectivity index (χ3n) is 2.53. The molecule has 158 valence electrons. The minimum atomic E-state index is -8.60. The maximum absolute atomic E-state index is 13.0. The highest BCUT2D eigenvalue weighted by atomic mass is 127. The number of alkyl halides is 15. The van der Waals surface area contributed by atoms with Gasteiger partial charge in [-0.2, -0.15) is 61.5 Å². The Morgan fingerprint density at radius 1 is 0.500 bits per heavy atom. The van der Waals surface area contributed by atoms with Crippen LogP contribution in [0.25, 0.3) is 0 Å². The second-order valence-electron chi connectivity index (χ2n) is 4.16. The van der Waals surface area contributed by atoms with E-state index in [-0.39, 0.29) is 0 Å². The summed E-state index contributed by atoms with van der Waals surface area (Å²) in [6, 6.07) is 0. The fourth-order valence-corrected chi connectivity index (χ4v) is 1.97. The Bertz CT molecular complexity index is 494. The molecular formula is C7F15IO3. The molecule has 0 aromatic rings. The lowest BCUT2D eigenvalue weighted by Crippen LogP contribution is -3.99. The van der Waals surface area contributed by atoms with E-state index in [1.54, 1.807) is 0 Å². The van der Waals surface area contributed by atoms with Gasteiger partial charge in [-0.3, -0.25) is 0 Å². The van der Waals surface area contributed by atoms with Gasteiger partial charge in [-0.15, -0.1) is 0 Å². The van der Waals surface area contributed by atoms with Crippen molar-refractivity contribution in [3.8, 4) is 0 Å². The van der Waals surface area contributed by atoms with Gasteiger partial charge < -0.3 is 6.87 Å². The molecule has 0 aliphatic carbocycles. The summed E-state index contributed by atoms with van der Waals surface area (Å²) in [4.78, 5) is 0. The molecular weight excluding hydrogens is 544 g/mol. The van der Waals surface area contributed by atoms with Crippen LogP contribution in [0.2, 0.25) is 0 Å². The molecule has 3 nitrogen and oxygen atoms in total. The topological polar surface area (TPSA) is 55.3 Å². The zero-order valence-electron chi connectivity index (χ0n) is 10.8. The van der Waals surface area contributed by atoms with E-state index in [2.05, 4.69) is 0 Å². The van der Waals surface area contributed by atoms with E-state index in [0.717, 1.165) is 0 Å². The van der Waals surface area contributed by atoms with Crippen LogP contribution in [0, 0.1) is 0 Å². The molecule has 0 aromatic heterocycles. The van der Waals surface area contributed by atoms with E-state index in [0.29, 0.717) is 0 Å². The van der Waals surface area contributed by atoms with Crippen LogP contribution in [0.4, 0.5) is 65.9 Å². The first kappa shape index (κ1) is 25.6. The van der Waals surface area contributed by atoms with Crippen LogP contribution >= 0.6 is 0 Å². The first-order valence-electron chi connectivity index (χ1n) is 5.00. The SMILES string of the molecule is [O-][I+2]([O-])OC(F)(F)C(F)(F)C(F)(F)C(F)(F)C(F)(C(F)(F)F)C(F)(F)F. The smallest absolute Gasteiger partial charge is 0.396 e. The normalized spacial score (nSPS) is 16.4. The van der Waals surface area contributed by atoms with Gasteiger partial charge in [0.1, 0.15) is 0 Å². The van der Waals surface area contributed by atoms with E-state index in [1.807, 2.05) is 3.07 Å².